The molecule has 1 saturated carbocycles. The van der Waals surface area contributed by atoms with Crippen LogP contribution < -0.4 is 0 Å². The molecule has 0 heterocycles. The Morgan fingerprint density at radius 1 is 1.43 bits per heavy atom. The second-order valence-corrected chi connectivity index (χ2v) is 4.82. The minimum Gasteiger partial charge on any atom is -0.393 e. The summed E-state index contributed by atoms with van der Waals surface area (Å²) in [5.41, 5.74) is 0. The van der Waals surface area contributed by atoms with E-state index in [0.29, 0.717) is 5.92 Å². The lowest BCUT2D eigenvalue weighted by molar-refractivity contribution is 0.0922. The molecule has 1 fully saturated rings. The Morgan fingerprint density at radius 2 is 2.21 bits per heavy atom. The monoisotopic (exact) mass is 200 g/mol. The Labute approximate surface area is 87.7 Å². The molecular formula is C12H24O2. The van der Waals surface area contributed by atoms with Gasteiger partial charge in [-0.25, -0.2) is 0 Å². The first-order valence-electron chi connectivity index (χ1n) is 5.89. The van der Waals surface area contributed by atoms with E-state index in [1.54, 1.807) is 7.11 Å². The molecule has 0 radical (unpaired) electrons. The van der Waals surface area contributed by atoms with E-state index in [0.717, 1.165) is 25.4 Å². The number of aliphatic hydroxyl groups is 1. The molecule has 0 aromatic rings. The maximum atomic E-state index is 9.52. The number of methoxy groups -OCH3 is 1. The summed E-state index contributed by atoms with van der Waals surface area (Å²) >= 11 is 0. The van der Waals surface area contributed by atoms with Crippen LogP contribution in [0.2, 0.25) is 0 Å². The molecule has 0 saturated heterocycles. The summed E-state index contributed by atoms with van der Waals surface area (Å²) in [5, 5.41) is 9.52. The van der Waals surface area contributed by atoms with Crippen LogP contribution in [0, 0.1) is 11.8 Å². The molecule has 0 spiro atoms. The third kappa shape index (κ3) is 4.43. The van der Waals surface area contributed by atoms with Crippen LogP contribution >= 0.6 is 0 Å². The summed E-state index contributed by atoms with van der Waals surface area (Å²) in [5.74, 6) is 1.43. The lowest BCUT2D eigenvalue weighted by atomic mass is 9.83. The van der Waals surface area contributed by atoms with Crippen molar-refractivity contribution in [3.05, 3.63) is 0 Å². The molecule has 0 bridgehead atoms. The van der Waals surface area contributed by atoms with Crippen LogP contribution in [0.1, 0.15) is 45.4 Å². The number of rotatable bonds is 5. The van der Waals surface area contributed by atoms with Crippen molar-refractivity contribution in [2.75, 3.05) is 13.7 Å². The van der Waals surface area contributed by atoms with Crippen molar-refractivity contribution < 1.29 is 9.84 Å². The van der Waals surface area contributed by atoms with E-state index < -0.39 is 0 Å². The lowest BCUT2D eigenvalue weighted by Gasteiger charge is -2.26. The van der Waals surface area contributed by atoms with Gasteiger partial charge >= 0.3 is 0 Å². The summed E-state index contributed by atoms with van der Waals surface area (Å²) < 4.78 is 5.12. The topological polar surface area (TPSA) is 29.5 Å². The largest absolute Gasteiger partial charge is 0.393 e. The molecule has 1 aliphatic rings. The predicted molar refractivity (Wildman–Crippen MR) is 58.2 cm³/mol. The Bertz CT molecular complexity index is 147. The van der Waals surface area contributed by atoms with Gasteiger partial charge in [-0.3, -0.25) is 0 Å². The first-order chi connectivity index (χ1) is 6.72. The second kappa shape index (κ2) is 6.41. The molecule has 3 atom stereocenters. The zero-order valence-corrected chi connectivity index (χ0v) is 9.54. The van der Waals surface area contributed by atoms with Gasteiger partial charge in [-0.1, -0.05) is 26.2 Å². The fourth-order valence-electron chi connectivity index (χ4n) is 2.41. The average molecular weight is 200 g/mol. The molecule has 14 heavy (non-hydrogen) atoms. The van der Waals surface area contributed by atoms with E-state index in [2.05, 4.69) is 6.92 Å². The molecule has 0 aliphatic heterocycles. The molecular weight excluding hydrogens is 176 g/mol. The van der Waals surface area contributed by atoms with Crippen molar-refractivity contribution >= 4 is 0 Å². The van der Waals surface area contributed by atoms with Crippen molar-refractivity contribution in [1.29, 1.82) is 0 Å². The highest BCUT2D eigenvalue weighted by Gasteiger charge is 2.20. The Kier molecular flexibility index (Phi) is 5.49. The van der Waals surface area contributed by atoms with Crippen LogP contribution in [0.15, 0.2) is 0 Å². The lowest BCUT2D eigenvalue weighted by Crippen LogP contribution is -2.20. The van der Waals surface area contributed by atoms with E-state index in [9.17, 15) is 5.11 Å². The molecule has 1 N–H and O–H groups in total. The zero-order chi connectivity index (χ0) is 10.4. The smallest absolute Gasteiger partial charge is 0.0542 e. The molecule has 0 amide bonds. The fourth-order valence-corrected chi connectivity index (χ4v) is 2.41. The minimum atomic E-state index is -0.0218. The molecule has 0 aromatic carbocycles. The molecule has 1 rings (SSSR count). The van der Waals surface area contributed by atoms with Gasteiger partial charge in [-0.05, 0) is 31.1 Å². The van der Waals surface area contributed by atoms with Crippen molar-refractivity contribution in [2.45, 2.75) is 51.6 Å². The van der Waals surface area contributed by atoms with Gasteiger partial charge in [0.1, 0.15) is 0 Å². The molecule has 3 unspecified atom stereocenters. The van der Waals surface area contributed by atoms with Crippen molar-refractivity contribution in [1.82, 2.24) is 0 Å². The van der Waals surface area contributed by atoms with Crippen LogP contribution in [0.3, 0.4) is 0 Å². The first kappa shape index (κ1) is 12.0. The first-order valence-corrected chi connectivity index (χ1v) is 5.89. The van der Waals surface area contributed by atoms with Gasteiger partial charge in [-0.15, -0.1) is 0 Å². The summed E-state index contributed by atoms with van der Waals surface area (Å²) in [6.45, 7) is 3.11. The van der Waals surface area contributed by atoms with Gasteiger partial charge in [0.25, 0.3) is 0 Å². The predicted octanol–water partition coefficient (Wildman–Crippen LogP) is 2.60. The van der Waals surface area contributed by atoms with Gasteiger partial charge < -0.3 is 9.84 Å². The Hall–Kier alpha value is -0.0800. The molecule has 2 nitrogen and oxygen atoms in total. The van der Waals surface area contributed by atoms with E-state index >= 15 is 0 Å². The third-order valence-electron chi connectivity index (χ3n) is 3.27. The van der Waals surface area contributed by atoms with Crippen LogP contribution in [-0.4, -0.2) is 24.9 Å². The number of aliphatic hydroxyl groups excluding tert-OH is 1. The maximum Gasteiger partial charge on any atom is 0.0542 e. The average Bonchev–Trinajstić information content (AvgIpc) is 2.15. The fraction of sp³-hybridized carbons (Fsp3) is 1.00. The Morgan fingerprint density at radius 3 is 2.86 bits per heavy atom. The van der Waals surface area contributed by atoms with E-state index in [1.165, 1.54) is 25.7 Å². The van der Waals surface area contributed by atoms with Crippen molar-refractivity contribution in [2.24, 2.45) is 11.8 Å². The molecule has 2 heteroatoms. The van der Waals surface area contributed by atoms with Crippen LogP contribution in [0.5, 0.6) is 0 Å². The number of hydrogen-bond acceptors (Lipinski definition) is 2. The van der Waals surface area contributed by atoms with Gasteiger partial charge in [0.15, 0.2) is 0 Å². The minimum absolute atomic E-state index is 0.0218. The Balaban J connectivity index is 2.10. The van der Waals surface area contributed by atoms with Gasteiger partial charge in [0.2, 0.25) is 0 Å². The summed E-state index contributed by atoms with van der Waals surface area (Å²) in [7, 11) is 1.76. The van der Waals surface area contributed by atoms with E-state index in [1.807, 2.05) is 0 Å². The van der Waals surface area contributed by atoms with Crippen LogP contribution in [0.4, 0.5) is 0 Å². The SMILES string of the molecule is COCC(C)CCC1CCCC(O)C1. The third-order valence-corrected chi connectivity index (χ3v) is 3.27. The highest BCUT2D eigenvalue weighted by molar-refractivity contribution is 4.72. The normalized spacial score (nSPS) is 30.2. The van der Waals surface area contributed by atoms with Crippen LogP contribution in [0.25, 0.3) is 0 Å². The standard InChI is InChI=1S/C12H24O2/c1-10(9-14-2)6-7-11-4-3-5-12(13)8-11/h10-13H,3-9H2,1-2H3. The van der Waals surface area contributed by atoms with Crippen molar-refractivity contribution in [3.63, 3.8) is 0 Å². The molecule has 84 valence electrons. The van der Waals surface area contributed by atoms with Gasteiger partial charge in [0.05, 0.1) is 6.10 Å². The number of hydrogen-bond donors (Lipinski definition) is 1. The highest BCUT2D eigenvalue weighted by Crippen LogP contribution is 2.28. The summed E-state index contributed by atoms with van der Waals surface area (Å²) in [6.07, 6.45) is 7.06. The zero-order valence-electron chi connectivity index (χ0n) is 9.54. The van der Waals surface area contributed by atoms with Crippen LogP contribution in [-0.2, 0) is 4.74 Å². The summed E-state index contributed by atoms with van der Waals surface area (Å²) in [4.78, 5) is 0. The molecule has 0 aromatic heterocycles. The number of ether oxygens (including phenoxy) is 1. The van der Waals surface area contributed by atoms with Gasteiger partial charge in [0, 0.05) is 13.7 Å². The van der Waals surface area contributed by atoms with Crippen molar-refractivity contribution in [3.8, 4) is 0 Å². The van der Waals surface area contributed by atoms with Gasteiger partial charge in [-0.2, -0.15) is 0 Å². The van der Waals surface area contributed by atoms with E-state index in [4.69, 9.17) is 4.74 Å². The highest BCUT2D eigenvalue weighted by atomic mass is 16.5. The maximum absolute atomic E-state index is 9.52. The second-order valence-electron chi connectivity index (χ2n) is 4.82. The quantitative estimate of drug-likeness (QED) is 0.739. The molecule has 1 aliphatic carbocycles. The van der Waals surface area contributed by atoms with E-state index in [-0.39, 0.29) is 6.10 Å². The summed E-state index contributed by atoms with van der Waals surface area (Å²) in [6, 6.07) is 0.